The first-order valence-electron chi connectivity index (χ1n) is 9.72. The molecule has 10 heteroatoms. The summed E-state index contributed by atoms with van der Waals surface area (Å²) >= 11 is 6.18. The number of halogens is 1. The highest BCUT2D eigenvalue weighted by Gasteiger charge is 2.27. The number of rotatable bonds is 7. The molecule has 0 aromatic heterocycles. The van der Waals surface area contributed by atoms with Crippen LogP contribution in [0.2, 0.25) is 5.02 Å². The summed E-state index contributed by atoms with van der Waals surface area (Å²) in [4.78, 5) is 24.0. The van der Waals surface area contributed by atoms with Gasteiger partial charge in [-0.05, 0) is 43.2 Å². The molecule has 8 nitrogen and oxygen atoms in total. The van der Waals surface area contributed by atoms with E-state index in [9.17, 15) is 18.0 Å². The third-order valence-electron chi connectivity index (χ3n) is 4.81. The van der Waals surface area contributed by atoms with Crippen LogP contribution in [0, 0.1) is 0 Å². The van der Waals surface area contributed by atoms with Gasteiger partial charge in [0.05, 0.1) is 22.6 Å². The van der Waals surface area contributed by atoms with Gasteiger partial charge in [0, 0.05) is 24.8 Å². The topological polar surface area (TPSA) is 102 Å². The van der Waals surface area contributed by atoms with Gasteiger partial charge in [-0.1, -0.05) is 24.1 Å². The number of nitrogens with one attached hydrogen (secondary N) is 1. The lowest BCUT2D eigenvalue weighted by Crippen LogP contribution is -2.35. The summed E-state index contributed by atoms with van der Waals surface area (Å²) in [6.07, 6.45) is 2.63. The van der Waals surface area contributed by atoms with Gasteiger partial charge in [0.25, 0.3) is 5.91 Å². The van der Waals surface area contributed by atoms with Gasteiger partial charge in [-0.2, -0.15) is 4.31 Å². The van der Waals surface area contributed by atoms with E-state index in [-0.39, 0.29) is 22.1 Å². The molecule has 1 heterocycles. The average molecular weight is 467 g/mol. The normalized spacial score (nSPS) is 14.6. The van der Waals surface area contributed by atoms with Crippen molar-refractivity contribution in [3.05, 3.63) is 53.1 Å². The van der Waals surface area contributed by atoms with Crippen molar-refractivity contribution in [3.63, 3.8) is 0 Å². The van der Waals surface area contributed by atoms with E-state index in [0.717, 1.165) is 19.3 Å². The number of hydrogen-bond donors (Lipinski definition) is 1. The second kappa shape index (κ2) is 10.1. The molecule has 0 saturated carbocycles. The molecule has 0 spiro atoms. The SMILES string of the molecule is COC(=O)COc1cccc(NC(=O)c2cc(S(=O)(=O)N3CCCCC3)ccc2Cl)c1. The number of ether oxygens (including phenoxy) is 2. The molecule has 0 atom stereocenters. The Kier molecular flexibility index (Phi) is 7.53. The van der Waals surface area contributed by atoms with Gasteiger partial charge < -0.3 is 14.8 Å². The highest BCUT2D eigenvalue weighted by atomic mass is 35.5. The standard InChI is InChI=1S/C21H23ClN2O6S/c1-29-20(25)14-30-16-7-5-6-15(12-16)23-21(26)18-13-17(8-9-19(18)22)31(27,28)24-10-3-2-4-11-24/h5-9,12-13H,2-4,10-11,14H2,1H3,(H,23,26). The highest BCUT2D eigenvalue weighted by molar-refractivity contribution is 7.89. The van der Waals surface area contributed by atoms with E-state index in [1.54, 1.807) is 18.2 Å². The second-order valence-corrected chi connectivity index (χ2v) is 9.30. The Labute approximate surface area is 186 Å². The molecule has 2 aromatic rings. The van der Waals surface area contributed by atoms with Crippen LogP contribution in [0.1, 0.15) is 29.6 Å². The summed E-state index contributed by atoms with van der Waals surface area (Å²) in [5, 5.41) is 2.80. The number of piperidine rings is 1. The molecule has 1 fully saturated rings. The Balaban J connectivity index is 1.78. The van der Waals surface area contributed by atoms with Crippen LogP contribution in [0.4, 0.5) is 5.69 Å². The molecule has 0 bridgehead atoms. The van der Waals surface area contributed by atoms with Crippen molar-refractivity contribution in [2.45, 2.75) is 24.2 Å². The zero-order valence-corrected chi connectivity index (χ0v) is 18.5. The van der Waals surface area contributed by atoms with Crippen LogP contribution in [0.25, 0.3) is 0 Å². The number of nitrogens with zero attached hydrogens (tertiary/aromatic N) is 1. The molecule has 1 N–H and O–H groups in total. The summed E-state index contributed by atoms with van der Waals surface area (Å²) in [6, 6.07) is 10.5. The fourth-order valence-corrected chi connectivity index (χ4v) is 4.90. The highest BCUT2D eigenvalue weighted by Crippen LogP contribution is 2.26. The Morgan fingerprint density at radius 1 is 1.10 bits per heavy atom. The van der Waals surface area contributed by atoms with E-state index in [4.69, 9.17) is 16.3 Å². The number of amides is 1. The maximum Gasteiger partial charge on any atom is 0.343 e. The molecule has 1 aliphatic heterocycles. The van der Waals surface area contributed by atoms with Crippen molar-refractivity contribution < 1.29 is 27.5 Å². The van der Waals surface area contributed by atoms with Crippen LogP contribution < -0.4 is 10.1 Å². The fraction of sp³-hybridized carbons (Fsp3) is 0.333. The number of methoxy groups -OCH3 is 1. The maximum atomic E-state index is 12.9. The molecule has 1 saturated heterocycles. The van der Waals surface area contributed by atoms with Crippen LogP contribution in [-0.2, 0) is 19.6 Å². The van der Waals surface area contributed by atoms with E-state index in [2.05, 4.69) is 10.1 Å². The van der Waals surface area contributed by atoms with Gasteiger partial charge in [-0.3, -0.25) is 4.79 Å². The first-order valence-corrected chi connectivity index (χ1v) is 11.5. The monoisotopic (exact) mass is 466 g/mol. The Morgan fingerprint density at radius 2 is 1.84 bits per heavy atom. The van der Waals surface area contributed by atoms with Gasteiger partial charge in [0.1, 0.15) is 5.75 Å². The lowest BCUT2D eigenvalue weighted by molar-refractivity contribution is -0.142. The molecule has 2 aromatic carbocycles. The first kappa shape index (κ1) is 23.1. The molecule has 0 aliphatic carbocycles. The molecular weight excluding hydrogens is 444 g/mol. The summed E-state index contributed by atoms with van der Waals surface area (Å²) in [5.74, 6) is -0.741. The molecular formula is C21H23ClN2O6S. The van der Waals surface area contributed by atoms with Gasteiger partial charge in [-0.15, -0.1) is 0 Å². The second-order valence-electron chi connectivity index (χ2n) is 6.95. The van der Waals surface area contributed by atoms with Crippen LogP contribution in [0.5, 0.6) is 5.75 Å². The lowest BCUT2D eigenvalue weighted by Gasteiger charge is -2.26. The third kappa shape index (κ3) is 5.75. The van der Waals surface area contributed by atoms with Crippen LogP contribution in [-0.4, -0.2) is 51.4 Å². The summed E-state index contributed by atoms with van der Waals surface area (Å²) in [6.45, 7) is 0.659. The largest absolute Gasteiger partial charge is 0.482 e. The number of esters is 1. The number of benzene rings is 2. The Bertz CT molecular complexity index is 1070. The predicted molar refractivity (Wildman–Crippen MR) is 116 cm³/mol. The van der Waals surface area contributed by atoms with Crippen molar-refractivity contribution >= 4 is 39.2 Å². The maximum absolute atomic E-state index is 12.9. The molecule has 3 rings (SSSR count). The minimum Gasteiger partial charge on any atom is -0.482 e. The molecule has 1 amide bonds. The van der Waals surface area contributed by atoms with E-state index in [0.29, 0.717) is 24.5 Å². The molecule has 1 aliphatic rings. The summed E-state index contributed by atoms with van der Waals surface area (Å²) in [5.41, 5.74) is 0.438. The van der Waals surface area contributed by atoms with Crippen molar-refractivity contribution in [2.24, 2.45) is 0 Å². The quantitative estimate of drug-likeness (QED) is 0.628. The lowest BCUT2D eigenvalue weighted by atomic mass is 10.2. The number of carbonyl (C=O) groups excluding carboxylic acids is 2. The number of hydrogen-bond acceptors (Lipinski definition) is 6. The number of carbonyl (C=O) groups is 2. The molecule has 0 unspecified atom stereocenters. The molecule has 31 heavy (non-hydrogen) atoms. The zero-order chi connectivity index (χ0) is 22.4. The van der Waals surface area contributed by atoms with E-state index < -0.39 is 21.9 Å². The van der Waals surface area contributed by atoms with Gasteiger partial charge in [0.2, 0.25) is 10.0 Å². The summed E-state index contributed by atoms with van der Waals surface area (Å²) < 4.78 is 37.1. The zero-order valence-electron chi connectivity index (χ0n) is 17.0. The van der Waals surface area contributed by atoms with Crippen molar-refractivity contribution in [3.8, 4) is 5.75 Å². The van der Waals surface area contributed by atoms with Gasteiger partial charge in [0.15, 0.2) is 6.61 Å². The smallest absolute Gasteiger partial charge is 0.343 e. The Morgan fingerprint density at radius 3 is 2.55 bits per heavy atom. The summed E-state index contributed by atoms with van der Waals surface area (Å²) in [7, 11) is -2.45. The molecule has 166 valence electrons. The number of sulfonamides is 1. The third-order valence-corrected chi connectivity index (χ3v) is 7.04. The minimum absolute atomic E-state index is 0.0270. The van der Waals surface area contributed by atoms with E-state index >= 15 is 0 Å². The van der Waals surface area contributed by atoms with Crippen molar-refractivity contribution in [1.82, 2.24) is 4.31 Å². The van der Waals surface area contributed by atoms with Crippen molar-refractivity contribution in [1.29, 1.82) is 0 Å². The fourth-order valence-electron chi connectivity index (χ4n) is 3.16. The van der Waals surface area contributed by atoms with E-state index in [1.165, 1.54) is 35.7 Å². The average Bonchev–Trinajstić information content (AvgIpc) is 2.78. The minimum atomic E-state index is -3.70. The van der Waals surface area contributed by atoms with Gasteiger partial charge >= 0.3 is 5.97 Å². The van der Waals surface area contributed by atoms with Crippen molar-refractivity contribution in [2.75, 3.05) is 32.1 Å². The first-order chi connectivity index (χ1) is 14.8. The van der Waals surface area contributed by atoms with Gasteiger partial charge in [-0.25, -0.2) is 13.2 Å². The van der Waals surface area contributed by atoms with Crippen LogP contribution in [0.15, 0.2) is 47.4 Å². The molecule has 0 radical (unpaired) electrons. The van der Waals surface area contributed by atoms with Crippen LogP contribution in [0.3, 0.4) is 0 Å². The van der Waals surface area contributed by atoms with Crippen LogP contribution >= 0.6 is 11.6 Å². The Hall–Kier alpha value is -2.62. The number of anilines is 1. The predicted octanol–water partition coefficient (Wildman–Crippen LogP) is 3.32. The van der Waals surface area contributed by atoms with E-state index in [1.807, 2.05) is 0 Å².